The number of amides is 2. The van der Waals surface area contributed by atoms with Crippen LogP contribution in [0.15, 0.2) is 71.6 Å². The normalized spacial score (nSPS) is 18.4. The van der Waals surface area contributed by atoms with Gasteiger partial charge in [-0.05, 0) is 67.8 Å². The minimum atomic E-state index is -2.38. The number of phenols is 1. The molecule has 2 unspecified atom stereocenters. The highest BCUT2D eigenvalue weighted by Gasteiger charge is 2.45. The van der Waals surface area contributed by atoms with Crippen LogP contribution in [-0.2, 0) is 14.2 Å². The van der Waals surface area contributed by atoms with Crippen LogP contribution in [0.3, 0.4) is 0 Å². The average Bonchev–Trinajstić information content (AvgIpc) is 3.22. The lowest BCUT2D eigenvalue weighted by Crippen LogP contribution is -2.49. The average molecular weight is 755 g/mol. The van der Waals surface area contributed by atoms with E-state index in [1.165, 1.54) is 23.9 Å². The molecule has 0 aromatic heterocycles. The number of unbranched alkanes of at least 4 members (excludes halogenated alkanes) is 2. The van der Waals surface area contributed by atoms with E-state index < -0.39 is 41.8 Å². The van der Waals surface area contributed by atoms with E-state index in [0.717, 1.165) is 44.2 Å². The molecule has 3 aromatic carbocycles. The van der Waals surface area contributed by atoms with Gasteiger partial charge in [-0.3, -0.25) is 9.59 Å². The number of fused-ring (bicyclic) bond motifs is 1. The van der Waals surface area contributed by atoms with E-state index in [2.05, 4.69) is 29.4 Å². The Hall–Kier alpha value is -3.54. The minimum absolute atomic E-state index is 0.00998. The lowest BCUT2D eigenvalue weighted by Gasteiger charge is -2.41. The van der Waals surface area contributed by atoms with Crippen molar-refractivity contribution in [2.45, 2.75) is 70.2 Å². The van der Waals surface area contributed by atoms with Crippen LogP contribution < -0.4 is 25.1 Å². The number of hydrogen-bond acceptors (Lipinski definition) is 9. The second-order valence-electron chi connectivity index (χ2n) is 14.0. The summed E-state index contributed by atoms with van der Waals surface area (Å²) in [6, 6.07) is 18.1. The van der Waals surface area contributed by atoms with Crippen molar-refractivity contribution in [3.8, 4) is 11.5 Å². The van der Waals surface area contributed by atoms with Crippen LogP contribution >= 0.6 is 18.9 Å². The number of aromatic hydroxyl groups is 1. The Balaban J connectivity index is 1.64. The molecule has 52 heavy (non-hydrogen) atoms. The standard InChI is InChI=1S/C39H55N4O7PS/c1-6-9-20-39(21-10-7-2)27-42(30-14-12-11-13-15-30)32-24-35(52-5)34(25-33(32)43(47,48)28-39)50-26-36(45)41-37(29-16-18-31(44)19-17-29)38(46)40-22-23-51(4,49)8-3/h11-19,24-25,37,44,47H,6-10,20-23,26-28H2,1-5H3,(H,40,46)(H,41,45)/t37-,51?/m1/s1. The second-order valence-corrected chi connectivity index (χ2v) is 18.5. The molecular formula is C39H55N4O7PS. The molecule has 0 radical (unpaired) electrons. The lowest BCUT2D eigenvalue weighted by atomic mass is 9.77. The fourth-order valence-corrected chi connectivity index (χ4v) is 8.14. The van der Waals surface area contributed by atoms with E-state index in [9.17, 15) is 29.7 Å². The molecule has 4 N–H and O–H groups in total. The predicted octanol–water partition coefficient (Wildman–Crippen LogP) is 8.19. The van der Waals surface area contributed by atoms with Gasteiger partial charge in [-0.2, -0.15) is 4.81 Å². The number of hydroxylamine groups is 2. The molecule has 0 bridgehead atoms. The third kappa shape index (κ3) is 10.8. The first-order valence-electron chi connectivity index (χ1n) is 18.2. The van der Waals surface area contributed by atoms with Gasteiger partial charge in [0.1, 0.15) is 29.8 Å². The Morgan fingerprint density at radius 1 is 1.06 bits per heavy atom. The number of ether oxygens (including phenoxy) is 1. The fourth-order valence-electron chi connectivity index (χ4n) is 6.69. The van der Waals surface area contributed by atoms with E-state index >= 15 is 0 Å². The van der Waals surface area contributed by atoms with Crippen LogP contribution in [0.25, 0.3) is 0 Å². The van der Waals surface area contributed by atoms with Gasteiger partial charge in [-0.1, -0.05) is 76.8 Å². The van der Waals surface area contributed by atoms with Crippen molar-refractivity contribution in [3.63, 3.8) is 0 Å². The quantitative estimate of drug-likeness (QED) is 0.0436. The molecule has 2 amide bonds. The van der Waals surface area contributed by atoms with Crippen molar-refractivity contribution in [3.05, 3.63) is 77.5 Å². The molecule has 13 heteroatoms. The number of phenolic OH excluding ortho intramolecular Hbond substituents is 1. The van der Waals surface area contributed by atoms with E-state index in [0.29, 0.717) is 35.0 Å². The maximum atomic E-state index is 14.4. The van der Waals surface area contributed by atoms with Crippen molar-refractivity contribution in [2.24, 2.45) is 5.41 Å². The Bertz CT molecular complexity index is 1680. The maximum absolute atomic E-state index is 14.4. The number of carbonyl (C=O) groups excluding carboxylic acids is 2. The number of anilines is 2. The molecule has 0 saturated carbocycles. The summed E-state index contributed by atoms with van der Waals surface area (Å²) in [6.45, 7) is 8.07. The molecule has 11 nitrogen and oxygen atoms in total. The molecule has 0 fully saturated rings. The van der Waals surface area contributed by atoms with Crippen LogP contribution in [0, 0.1) is 10.6 Å². The van der Waals surface area contributed by atoms with Crippen LogP contribution in [0.1, 0.15) is 70.9 Å². The lowest BCUT2D eigenvalue weighted by molar-refractivity contribution is -0.130. The number of benzene rings is 3. The summed E-state index contributed by atoms with van der Waals surface area (Å²) >= 11 is 1.40. The van der Waals surface area contributed by atoms with Gasteiger partial charge >= 0.3 is 0 Å². The SMILES string of the molecule is CCCCC1(CCCC)CN(c2ccccc2)c2cc(SC)c(OCC(=O)N[C@@H](C(=O)NCCP(C)(=O)CC)c3ccc(O)cc3)cc2[N+]([O-])(O)C1. The first-order chi connectivity index (χ1) is 24.8. The maximum Gasteiger partial charge on any atom is 0.258 e. The third-order valence-corrected chi connectivity index (χ3v) is 13.1. The van der Waals surface area contributed by atoms with E-state index in [1.54, 1.807) is 24.9 Å². The third-order valence-electron chi connectivity index (χ3n) is 9.87. The zero-order valence-electron chi connectivity index (χ0n) is 31.1. The molecule has 3 atom stereocenters. The Morgan fingerprint density at radius 3 is 2.31 bits per heavy atom. The molecule has 284 valence electrons. The van der Waals surface area contributed by atoms with Crippen molar-refractivity contribution in [1.82, 2.24) is 15.4 Å². The van der Waals surface area contributed by atoms with Gasteiger partial charge in [-0.25, -0.2) is 5.21 Å². The number of para-hydroxylation sites is 1. The van der Waals surface area contributed by atoms with Gasteiger partial charge in [0.25, 0.3) is 5.91 Å². The molecular weight excluding hydrogens is 699 g/mol. The van der Waals surface area contributed by atoms with Gasteiger partial charge in [0, 0.05) is 36.4 Å². The first-order valence-corrected chi connectivity index (χ1v) is 21.9. The van der Waals surface area contributed by atoms with E-state index in [4.69, 9.17) is 4.74 Å². The van der Waals surface area contributed by atoms with Crippen LogP contribution in [0.4, 0.5) is 17.1 Å². The highest BCUT2D eigenvalue weighted by atomic mass is 32.2. The molecule has 0 aliphatic carbocycles. The largest absolute Gasteiger partial charge is 0.593 e. The summed E-state index contributed by atoms with van der Waals surface area (Å²) in [7, 11) is -2.38. The van der Waals surface area contributed by atoms with Crippen LogP contribution in [-0.4, -0.2) is 73.6 Å². The fraction of sp³-hybridized carbons (Fsp3) is 0.487. The zero-order chi connectivity index (χ0) is 37.9. The number of nitrogens with one attached hydrogen (secondary N) is 2. The van der Waals surface area contributed by atoms with Gasteiger partial charge in [0.2, 0.25) is 5.91 Å². The zero-order valence-corrected chi connectivity index (χ0v) is 32.8. The van der Waals surface area contributed by atoms with Crippen LogP contribution in [0.5, 0.6) is 11.5 Å². The van der Waals surface area contributed by atoms with Gasteiger partial charge in [0.15, 0.2) is 12.3 Å². The van der Waals surface area contributed by atoms with Crippen molar-refractivity contribution < 1.29 is 29.2 Å². The van der Waals surface area contributed by atoms with Gasteiger partial charge in [-0.15, -0.1) is 11.8 Å². The highest BCUT2D eigenvalue weighted by molar-refractivity contribution is 7.98. The van der Waals surface area contributed by atoms with E-state index in [-0.39, 0.29) is 30.3 Å². The van der Waals surface area contributed by atoms with Crippen molar-refractivity contribution >= 4 is 47.8 Å². The van der Waals surface area contributed by atoms with Gasteiger partial charge in [0.05, 0.1) is 12.0 Å². The minimum Gasteiger partial charge on any atom is -0.593 e. The number of nitrogens with zero attached hydrogens (tertiary/aromatic N) is 2. The molecule has 3 aromatic rings. The van der Waals surface area contributed by atoms with Crippen LogP contribution in [0.2, 0.25) is 0 Å². The topological polar surface area (TPSA) is 151 Å². The highest BCUT2D eigenvalue weighted by Crippen LogP contribution is 2.50. The predicted molar refractivity (Wildman–Crippen MR) is 211 cm³/mol. The summed E-state index contributed by atoms with van der Waals surface area (Å²) < 4.78 is 18.6. The molecule has 1 aliphatic rings. The van der Waals surface area contributed by atoms with E-state index in [1.807, 2.05) is 49.6 Å². The summed E-state index contributed by atoms with van der Waals surface area (Å²) in [4.78, 5) is 28.0. The second kappa shape index (κ2) is 18.5. The van der Waals surface area contributed by atoms with Crippen molar-refractivity contribution in [1.29, 1.82) is 0 Å². The summed E-state index contributed by atoms with van der Waals surface area (Å²) in [5.41, 5.74) is 1.62. The molecule has 0 saturated heterocycles. The number of thioether (sulfide) groups is 1. The molecule has 1 aliphatic heterocycles. The molecule has 0 spiro atoms. The van der Waals surface area contributed by atoms with Crippen molar-refractivity contribution in [2.75, 3.05) is 56.4 Å². The summed E-state index contributed by atoms with van der Waals surface area (Å²) in [5.74, 6) is -0.814. The summed E-state index contributed by atoms with van der Waals surface area (Å²) in [6.07, 6.45) is 8.14. The smallest absolute Gasteiger partial charge is 0.258 e. The monoisotopic (exact) mass is 754 g/mol. The number of rotatable bonds is 18. The Labute approximate surface area is 312 Å². The molecule has 1 heterocycles. The molecule has 4 rings (SSSR count). The Morgan fingerprint density at radius 2 is 1.71 bits per heavy atom. The first kappa shape index (κ1) is 41.2. The number of hydrogen-bond donors (Lipinski definition) is 4. The number of carbonyl (C=O) groups is 2. The Kier molecular flexibility index (Phi) is 14.6. The number of quaternary nitrogens is 1. The summed E-state index contributed by atoms with van der Waals surface area (Å²) in [5, 5.41) is 41.5. The van der Waals surface area contributed by atoms with Gasteiger partial charge < -0.3 is 35.1 Å².